The average molecular weight is 480 g/mol. The first kappa shape index (κ1) is 23.6. The van der Waals surface area contributed by atoms with Crippen molar-refractivity contribution in [3.63, 3.8) is 0 Å². The van der Waals surface area contributed by atoms with Crippen LogP contribution in [-0.4, -0.2) is 89.5 Å². The van der Waals surface area contributed by atoms with Gasteiger partial charge in [-0.3, -0.25) is 4.79 Å². The molecule has 2 unspecified atom stereocenters. The molecule has 0 aliphatic carbocycles. The number of benzene rings is 1. The number of hydrogen-bond acceptors (Lipinski definition) is 8. The van der Waals surface area contributed by atoms with E-state index < -0.39 is 10.2 Å². The summed E-state index contributed by atoms with van der Waals surface area (Å²) in [6, 6.07) is 6.81. The van der Waals surface area contributed by atoms with Crippen molar-refractivity contribution >= 4 is 16.1 Å². The molecule has 180 valence electrons. The van der Waals surface area contributed by atoms with Crippen LogP contribution in [0.4, 0.5) is 0 Å². The van der Waals surface area contributed by atoms with E-state index in [4.69, 9.17) is 14.0 Å². The van der Waals surface area contributed by atoms with Crippen molar-refractivity contribution < 1.29 is 27.2 Å². The minimum absolute atomic E-state index is 0.138. The normalized spacial score (nSPS) is 22.9. The smallest absolute Gasteiger partial charge is 0.282 e. The molecule has 12 heteroatoms. The van der Waals surface area contributed by atoms with Crippen molar-refractivity contribution in [1.29, 1.82) is 0 Å². The Bertz CT molecular complexity index is 1060. The Kier molecular flexibility index (Phi) is 6.98. The lowest BCUT2D eigenvalue weighted by molar-refractivity contribution is -0.0457. The Morgan fingerprint density at radius 1 is 1.06 bits per heavy atom. The van der Waals surface area contributed by atoms with Gasteiger partial charge < -0.3 is 18.9 Å². The maximum Gasteiger partial charge on any atom is 0.282 e. The van der Waals surface area contributed by atoms with E-state index >= 15 is 0 Å². The summed E-state index contributed by atoms with van der Waals surface area (Å²) in [5.41, 5.74) is 0.518. The molecule has 0 bridgehead atoms. The first-order valence-electron chi connectivity index (χ1n) is 10.9. The molecule has 2 aliphatic rings. The molecule has 0 spiro atoms. The zero-order valence-electron chi connectivity index (χ0n) is 19.0. The van der Waals surface area contributed by atoms with Crippen LogP contribution in [0.25, 0.3) is 0 Å². The number of hydrogen-bond donors (Lipinski definition) is 0. The van der Waals surface area contributed by atoms with Crippen LogP contribution in [0.2, 0.25) is 0 Å². The summed E-state index contributed by atoms with van der Waals surface area (Å²) in [6.07, 6.45) is -0.288. The minimum Gasteiger partial charge on any atom is -0.485 e. The summed E-state index contributed by atoms with van der Waals surface area (Å²) in [5, 5.41) is 3.77. The number of aryl methyl sites for hydroxylation is 1. The van der Waals surface area contributed by atoms with Gasteiger partial charge in [-0.25, -0.2) is 0 Å². The fourth-order valence-electron chi connectivity index (χ4n) is 4.03. The average Bonchev–Trinajstić information content (AvgIpc) is 3.22. The van der Waals surface area contributed by atoms with Gasteiger partial charge in [0, 0.05) is 51.8 Å². The summed E-state index contributed by atoms with van der Waals surface area (Å²) in [4.78, 5) is 18.6. The second-order valence-corrected chi connectivity index (χ2v) is 10.2. The molecule has 0 N–H and O–H groups in total. The number of nitrogens with zero attached hydrogens (tertiary/aromatic N) is 5. The predicted molar refractivity (Wildman–Crippen MR) is 118 cm³/mol. The van der Waals surface area contributed by atoms with E-state index in [0.717, 1.165) is 0 Å². The van der Waals surface area contributed by atoms with E-state index in [1.165, 1.54) is 8.61 Å². The van der Waals surface area contributed by atoms with Gasteiger partial charge in [0.15, 0.2) is 6.61 Å². The Labute approximate surface area is 193 Å². The highest BCUT2D eigenvalue weighted by Gasteiger charge is 2.37. The molecule has 0 saturated carbocycles. The monoisotopic (exact) mass is 479 g/mol. The highest BCUT2D eigenvalue weighted by atomic mass is 32.2. The fraction of sp³-hybridized carbons (Fsp3) is 0.571. The lowest BCUT2D eigenvalue weighted by Gasteiger charge is -2.40. The number of piperazine rings is 1. The Morgan fingerprint density at radius 2 is 1.70 bits per heavy atom. The summed E-state index contributed by atoms with van der Waals surface area (Å²) in [6.45, 7) is 7.50. The number of carbonyl (C=O) groups is 1. The SMILES string of the molecule is Cc1nc(COc2ccc(C(=O)N3CCN(S(=O)(=O)N4CC(C)OC(C)C4)CC3)cc2)no1. The fourth-order valence-corrected chi connectivity index (χ4v) is 5.78. The number of amides is 1. The third-order valence-corrected chi connectivity index (χ3v) is 7.57. The van der Waals surface area contributed by atoms with Gasteiger partial charge in [0.25, 0.3) is 16.1 Å². The van der Waals surface area contributed by atoms with Gasteiger partial charge in [-0.15, -0.1) is 0 Å². The molecule has 1 aromatic heterocycles. The molecule has 2 fully saturated rings. The number of carbonyl (C=O) groups excluding carboxylic acids is 1. The van der Waals surface area contributed by atoms with Crippen LogP contribution in [0.1, 0.15) is 35.9 Å². The minimum atomic E-state index is -3.58. The molecule has 2 aromatic rings. The maximum atomic E-state index is 13.0. The Morgan fingerprint density at radius 3 is 2.27 bits per heavy atom. The molecule has 0 radical (unpaired) electrons. The van der Waals surface area contributed by atoms with Crippen molar-refractivity contribution in [1.82, 2.24) is 23.7 Å². The highest BCUT2D eigenvalue weighted by molar-refractivity contribution is 7.86. The van der Waals surface area contributed by atoms with E-state index in [1.54, 1.807) is 36.1 Å². The Hall–Kier alpha value is -2.54. The van der Waals surface area contributed by atoms with Crippen LogP contribution >= 0.6 is 0 Å². The van der Waals surface area contributed by atoms with Gasteiger partial charge in [0.05, 0.1) is 12.2 Å². The summed E-state index contributed by atoms with van der Waals surface area (Å²) in [7, 11) is -3.58. The standard InChI is InChI=1S/C21H29N5O6S/c1-15-12-26(13-16(2)31-15)33(28,29)25-10-8-24(9-11-25)21(27)18-4-6-19(7-5-18)30-14-20-22-17(3)32-23-20/h4-7,15-16H,8-14H2,1-3H3. The number of ether oxygens (including phenoxy) is 2. The van der Waals surface area contributed by atoms with E-state index in [2.05, 4.69) is 10.1 Å². The molecule has 2 atom stereocenters. The van der Waals surface area contributed by atoms with Gasteiger partial charge in [-0.2, -0.15) is 22.0 Å². The lowest BCUT2D eigenvalue weighted by Crippen LogP contribution is -2.57. The quantitative estimate of drug-likeness (QED) is 0.604. The molecule has 11 nitrogen and oxygen atoms in total. The summed E-state index contributed by atoms with van der Waals surface area (Å²) < 4.78 is 45.2. The highest BCUT2D eigenvalue weighted by Crippen LogP contribution is 2.20. The van der Waals surface area contributed by atoms with E-state index in [0.29, 0.717) is 49.2 Å². The number of rotatable bonds is 6. The van der Waals surface area contributed by atoms with E-state index in [-0.39, 0.29) is 37.8 Å². The molecular weight excluding hydrogens is 450 g/mol. The molecule has 1 aromatic carbocycles. The first-order chi connectivity index (χ1) is 15.7. The van der Waals surface area contributed by atoms with Gasteiger partial charge in [-0.1, -0.05) is 5.16 Å². The zero-order chi connectivity index (χ0) is 23.6. The van der Waals surface area contributed by atoms with Crippen molar-refractivity contribution in [3.05, 3.63) is 41.5 Å². The van der Waals surface area contributed by atoms with Crippen LogP contribution in [0.5, 0.6) is 5.75 Å². The van der Waals surface area contributed by atoms with E-state index in [9.17, 15) is 13.2 Å². The van der Waals surface area contributed by atoms with E-state index in [1.807, 2.05) is 13.8 Å². The third kappa shape index (κ3) is 5.52. The van der Waals surface area contributed by atoms with Crippen molar-refractivity contribution in [3.8, 4) is 5.75 Å². The predicted octanol–water partition coefficient (Wildman–Crippen LogP) is 1.07. The first-order valence-corrected chi connectivity index (χ1v) is 12.3. The second kappa shape index (κ2) is 9.75. The van der Waals surface area contributed by atoms with Crippen LogP contribution in [0, 0.1) is 6.92 Å². The third-order valence-electron chi connectivity index (χ3n) is 5.60. The summed E-state index contributed by atoms with van der Waals surface area (Å²) >= 11 is 0. The van der Waals surface area contributed by atoms with Gasteiger partial charge in [0.1, 0.15) is 5.75 Å². The van der Waals surface area contributed by atoms with Crippen LogP contribution in [0.3, 0.4) is 0 Å². The molecule has 2 saturated heterocycles. The number of morpholine rings is 1. The van der Waals surface area contributed by atoms with Crippen molar-refractivity contribution in [2.24, 2.45) is 0 Å². The van der Waals surface area contributed by atoms with Crippen LogP contribution < -0.4 is 4.74 Å². The van der Waals surface area contributed by atoms with Crippen LogP contribution in [0.15, 0.2) is 28.8 Å². The van der Waals surface area contributed by atoms with Gasteiger partial charge in [0.2, 0.25) is 11.7 Å². The van der Waals surface area contributed by atoms with Gasteiger partial charge in [-0.05, 0) is 38.1 Å². The van der Waals surface area contributed by atoms with Crippen molar-refractivity contribution in [2.75, 3.05) is 39.3 Å². The Balaban J connectivity index is 1.30. The largest absolute Gasteiger partial charge is 0.485 e. The zero-order valence-corrected chi connectivity index (χ0v) is 19.8. The molecule has 4 rings (SSSR count). The molecule has 1 amide bonds. The molecular formula is C21H29N5O6S. The molecule has 3 heterocycles. The molecule has 33 heavy (non-hydrogen) atoms. The van der Waals surface area contributed by atoms with Crippen molar-refractivity contribution in [2.45, 2.75) is 39.6 Å². The second-order valence-electron chi connectivity index (χ2n) is 8.32. The lowest BCUT2D eigenvalue weighted by atomic mass is 10.2. The maximum absolute atomic E-state index is 13.0. The topological polar surface area (TPSA) is 118 Å². The van der Waals surface area contributed by atoms with Gasteiger partial charge >= 0.3 is 0 Å². The molecule has 2 aliphatic heterocycles. The summed E-state index contributed by atoms with van der Waals surface area (Å²) in [5.74, 6) is 1.36. The number of aromatic nitrogens is 2. The van der Waals surface area contributed by atoms with Crippen LogP contribution in [-0.2, 0) is 21.6 Å².